The Morgan fingerprint density at radius 3 is 2.11 bits per heavy atom. The smallest absolute Gasteiger partial charge is 0.319 e. The first-order valence-electron chi connectivity index (χ1n) is 7.02. The Morgan fingerprint density at radius 1 is 1.17 bits per heavy atom. The van der Waals surface area contributed by atoms with Crippen LogP contribution < -0.4 is 0 Å². The van der Waals surface area contributed by atoms with Gasteiger partial charge in [-0.1, -0.05) is 20.3 Å². The highest BCUT2D eigenvalue weighted by atomic mass is 16.4. The van der Waals surface area contributed by atoms with Crippen LogP contribution in [0.5, 0.6) is 0 Å². The van der Waals surface area contributed by atoms with Gasteiger partial charge in [-0.3, -0.25) is 9.59 Å². The highest BCUT2D eigenvalue weighted by Crippen LogP contribution is 2.45. The summed E-state index contributed by atoms with van der Waals surface area (Å²) in [6.07, 6.45) is 5.03. The van der Waals surface area contributed by atoms with Crippen LogP contribution in [-0.2, 0) is 9.59 Å². The average Bonchev–Trinajstić information content (AvgIpc) is 2.72. The standard InChI is InChI=1S/C14H23NO3/c1-3-13(4-2)8-9-15(10-13)11(16)14(12(17)18)6-5-7-14/h3-10H2,1-2H3,(H,17,18). The fourth-order valence-corrected chi connectivity index (χ4v) is 3.29. The van der Waals surface area contributed by atoms with Crippen LogP contribution in [0.3, 0.4) is 0 Å². The van der Waals surface area contributed by atoms with Crippen molar-refractivity contribution in [2.75, 3.05) is 13.1 Å². The monoisotopic (exact) mass is 253 g/mol. The number of hydrogen-bond donors (Lipinski definition) is 1. The maximum atomic E-state index is 12.5. The number of amides is 1. The highest BCUT2D eigenvalue weighted by Gasteiger charge is 2.54. The molecule has 2 fully saturated rings. The van der Waals surface area contributed by atoms with Gasteiger partial charge in [0.25, 0.3) is 0 Å². The van der Waals surface area contributed by atoms with Gasteiger partial charge in [0.15, 0.2) is 0 Å². The predicted molar refractivity (Wildman–Crippen MR) is 68.1 cm³/mol. The molecule has 1 saturated carbocycles. The molecule has 0 spiro atoms. The normalized spacial score (nSPS) is 24.7. The van der Waals surface area contributed by atoms with Gasteiger partial charge in [0.05, 0.1) is 0 Å². The number of aliphatic carboxylic acids is 1. The van der Waals surface area contributed by atoms with Crippen LogP contribution in [0.4, 0.5) is 0 Å². The molecule has 2 aliphatic rings. The second kappa shape index (κ2) is 4.56. The van der Waals surface area contributed by atoms with Crippen LogP contribution in [0.15, 0.2) is 0 Å². The quantitative estimate of drug-likeness (QED) is 0.782. The molecule has 18 heavy (non-hydrogen) atoms. The fraction of sp³-hybridized carbons (Fsp3) is 0.857. The van der Waals surface area contributed by atoms with E-state index in [1.54, 1.807) is 4.90 Å². The first kappa shape index (κ1) is 13.4. The van der Waals surface area contributed by atoms with E-state index in [0.29, 0.717) is 12.8 Å². The number of carboxylic acids is 1. The summed E-state index contributed by atoms with van der Waals surface area (Å²) in [6.45, 7) is 5.80. The maximum Gasteiger partial charge on any atom is 0.319 e. The second-order valence-electron chi connectivity index (χ2n) is 5.92. The molecular formula is C14H23NO3. The topological polar surface area (TPSA) is 57.6 Å². The molecule has 1 aliphatic heterocycles. The average molecular weight is 253 g/mol. The molecule has 0 unspecified atom stereocenters. The van der Waals surface area contributed by atoms with Crippen molar-refractivity contribution >= 4 is 11.9 Å². The van der Waals surface area contributed by atoms with Crippen molar-refractivity contribution < 1.29 is 14.7 Å². The minimum absolute atomic E-state index is 0.134. The fourth-order valence-electron chi connectivity index (χ4n) is 3.29. The summed E-state index contributed by atoms with van der Waals surface area (Å²) in [5.41, 5.74) is -0.864. The van der Waals surface area contributed by atoms with E-state index in [-0.39, 0.29) is 11.3 Å². The molecule has 0 aromatic carbocycles. The van der Waals surface area contributed by atoms with E-state index < -0.39 is 11.4 Å². The van der Waals surface area contributed by atoms with Crippen molar-refractivity contribution in [1.29, 1.82) is 0 Å². The second-order valence-corrected chi connectivity index (χ2v) is 5.92. The molecule has 4 nitrogen and oxygen atoms in total. The molecule has 1 saturated heterocycles. The number of carbonyl (C=O) groups excluding carboxylic acids is 1. The summed E-state index contributed by atoms with van der Waals surface area (Å²) in [7, 11) is 0. The summed E-state index contributed by atoms with van der Waals surface area (Å²) in [4.78, 5) is 25.6. The van der Waals surface area contributed by atoms with Gasteiger partial charge in [0.2, 0.25) is 5.91 Å². The molecule has 102 valence electrons. The van der Waals surface area contributed by atoms with Crippen LogP contribution in [0.1, 0.15) is 52.4 Å². The van der Waals surface area contributed by atoms with Crippen LogP contribution in [0.2, 0.25) is 0 Å². The van der Waals surface area contributed by atoms with E-state index in [4.69, 9.17) is 0 Å². The Morgan fingerprint density at radius 2 is 1.78 bits per heavy atom. The molecule has 0 radical (unpaired) electrons. The van der Waals surface area contributed by atoms with Gasteiger partial charge < -0.3 is 10.0 Å². The molecule has 2 rings (SSSR count). The summed E-state index contributed by atoms with van der Waals surface area (Å²) in [6, 6.07) is 0. The predicted octanol–water partition coefficient (Wildman–Crippen LogP) is 2.28. The van der Waals surface area contributed by atoms with Gasteiger partial charge in [-0.25, -0.2) is 0 Å². The van der Waals surface area contributed by atoms with E-state index in [9.17, 15) is 14.7 Å². The van der Waals surface area contributed by atoms with Crippen LogP contribution in [0, 0.1) is 10.8 Å². The molecule has 0 bridgehead atoms. The number of hydrogen-bond acceptors (Lipinski definition) is 2. The highest BCUT2D eigenvalue weighted by molar-refractivity contribution is 6.02. The lowest BCUT2D eigenvalue weighted by atomic mass is 9.67. The van der Waals surface area contributed by atoms with Crippen molar-refractivity contribution in [3.05, 3.63) is 0 Å². The molecule has 1 heterocycles. The summed E-state index contributed by atoms with van der Waals surface area (Å²) >= 11 is 0. The molecule has 0 atom stereocenters. The molecule has 1 aliphatic carbocycles. The largest absolute Gasteiger partial charge is 0.480 e. The minimum Gasteiger partial charge on any atom is -0.480 e. The zero-order chi connectivity index (χ0) is 13.4. The molecular weight excluding hydrogens is 230 g/mol. The van der Waals surface area contributed by atoms with Gasteiger partial charge in [-0.05, 0) is 37.5 Å². The Balaban J connectivity index is 2.10. The number of nitrogens with zero attached hydrogens (tertiary/aromatic N) is 1. The molecule has 0 aromatic rings. The van der Waals surface area contributed by atoms with E-state index in [2.05, 4.69) is 13.8 Å². The van der Waals surface area contributed by atoms with Gasteiger partial charge >= 0.3 is 5.97 Å². The third kappa shape index (κ3) is 1.82. The van der Waals surface area contributed by atoms with E-state index in [1.165, 1.54) is 0 Å². The molecule has 4 heteroatoms. The molecule has 0 aromatic heterocycles. The Bertz CT molecular complexity index is 356. The number of carboxylic acid groups (broad SMARTS) is 1. The SMILES string of the molecule is CCC1(CC)CCN(C(=O)C2(C(=O)O)CCC2)C1. The minimum atomic E-state index is -1.09. The van der Waals surface area contributed by atoms with Crippen molar-refractivity contribution in [3.63, 3.8) is 0 Å². The van der Waals surface area contributed by atoms with Gasteiger partial charge in [-0.15, -0.1) is 0 Å². The van der Waals surface area contributed by atoms with Crippen molar-refractivity contribution in [2.45, 2.75) is 52.4 Å². The van der Waals surface area contributed by atoms with Gasteiger partial charge in [0.1, 0.15) is 5.41 Å². The first-order valence-corrected chi connectivity index (χ1v) is 7.02. The number of likely N-dealkylation sites (tertiary alicyclic amines) is 1. The Hall–Kier alpha value is -1.06. The van der Waals surface area contributed by atoms with Crippen LogP contribution in [0.25, 0.3) is 0 Å². The molecule has 1 amide bonds. The lowest BCUT2D eigenvalue weighted by Crippen LogP contribution is -2.52. The van der Waals surface area contributed by atoms with Gasteiger partial charge in [-0.2, -0.15) is 0 Å². The number of rotatable bonds is 4. The van der Waals surface area contributed by atoms with E-state index in [1.807, 2.05) is 0 Å². The summed E-state index contributed by atoms with van der Waals surface area (Å²) in [5.74, 6) is -1.06. The zero-order valence-corrected chi connectivity index (χ0v) is 11.4. The van der Waals surface area contributed by atoms with Crippen LogP contribution in [-0.4, -0.2) is 35.0 Å². The van der Waals surface area contributed by atoms with Crippen LogP contribution >= 0.6 is 0 Å². The lowest BCUT2D eigenvalue weighted by Gasteiger charge is -2.39. The lowest BCUT2D eigenvalue weighted by molar-refractivity contribution is -0.167. The van der Waals surface area contributed by atoms with Crippen molar-refractivity contribution in [2.24, 2.45) is 10.8 Å². The van der Waals surface area contributed by atoms with Crippen molar-refractivity contribution in [1.82, 2.24) is 4.90 Å². The first-order chi connectivity index (χ1) is 8.49. The maximum absolute atomic E-state index is 12.5. The van der Waals surface area contributed by atoms with E-state index in [0.717, 1.165) is 38.8 Å². The summed E-state index contributed by atoms with van der Waals surface area (Å²) in [5, 5.41) is 9.31. The summed E-state index contributed by atoms with van der Waals surface area (Å²) < 4.78 is 0. The third-order valence-corrected chi connectivity index (χ3v) is 5.25. The zero-order valence-electron chi connectivity index (χ0n) is 11.4. The Kier molecular flexibility index (Phi) is 3.39. The van der Waals surface area contributed by atoms with E-state index >= 15 is 0 Å². The van der Waals surface area contributed by atoms with Gasteiger partial charge in [0, 0.05) is 13.1 Å². The number of carbonyl (C=O) groups is 2. The van der Waals surface area contributed by atoms with Crippen molar-refractivity contribution in [3.8, 4) is 0 Å². The molecule has 1 N–H and O–H groups in total. The third-order valence-electron chi connectivity index (χ3n) is 5.25. The Labute approximate surface area is 108 Å².